The highest BCUT2D eigenvalue weighted by Gasteiger charge is 2.27. The smallest absolute Gasteiger partial charge is 0.251 e. The van der Waals surface area contributed by atoms with E-state index in [1.807, 2.05) is 38.1 Å². The highest BCUT2D eigenvalue weighted by atomic mass is 32.2. The molecule has 1 aliphatic rings. The molecule has 0 aliphatic carbocycles. The number of carbonyl (C=O) groups is 1. The zero-order chi connectivity index (χ0) is 20.1. The molecule has 0 bridgehead atoms. The number of anilines is 1. The molecule has 1 N–H and O–H groups in total. The van der Waals surface area contributed by atoms with Crippen LogP contribution in [-0.4, -0.2) is 32.7 Å². The van der Waals surface area contributed by atoms with E-state index < -0.39 is 10.0 Å². The van der Waals surface area contributed by atoms with Crippen molar-refractivity contribution in [2.75, 3.05) is 16.6 Å². The Morgan fingerprint density at radius 2 is 1.89 bits per heavy atom. The molecule has 1 heterocycles. The number of hydrogen-bond donors (Lipinski definition) is 1. The van der Waals surface area contributed by atoms with E-state index in [2.05, 4.69) is 17.4 Å². The number of hydrogen-bond acceptors (Lipinski definition) is 3. The van der Waals surface area contributed by atoms with Crippen LogP contribution in [0.3, 0.4) is 0 Å². The van der Waals surface area contributed by atoms with E-state index in [0.29, 0.717) is 24.2 Å². The van der Waals surface area contributed by atoms with Crippen molar-refractivity contribution in [3.63, 3.8) is 0 Å². The number of aryl methyl sites for hydroxylation is 2. The summed E-state index contributed by atoms with van der Waals surface area (Å²) in [5.41, 5.74) is 3.22. The SMILES string of the molecule is Cc1ccc(C(=O)N[C@@H](C)CCc2ccccc2)cc1N1CCCCS1(=O)=O. The lowest BCUT2D eigenvalue weighted by Crippen LogP contribution is -2.38. The van der Waals surface area contributed by atoms with Crippen molar-refractivity contribution in [2.45, 2.75) is 45.6 Å². The van der Waals surface area contributed by atoms with E-state index in [9.17, 15) is 13.2 Å². The number of sulfonamides is 1. The van der Waals surface area contributed by atoms with Gasteiger partial charge in [0.1, 0.15) is 0 Å². The number of nitrogens with one attached hydrogen (secondary N) is 1. The maximum atomic E-state index is 12.7. The molecular weight excluding hydrogens is 372 g/mol. The summed E-state index contributed by atoms with van der Waals surface area (Å²) >= 11 is 0. The molecule has 2 aromatic rings. The van der Waals surface area contributed by atoms with E-state index in [4.69, 9.17) is 0 Å². The molecule has 5 nitrogen and oxygen atoms in total. The van der Waals surface area contributed by atoms with Gasteiger partial charge >= 0.3 is 0 Å². The number of amides is 1. The second-order valence-electron chi connectivity index (χ2n) is 7.50. The van der Waals surface area contributed by atoms with Crippen LogP contribution >= 0.6 is 0 Å². The van der Waals surface area contributed by atoms with Gasteiger partial charge in [0, 0.05) is 18.2 Å². The zero-order valence-electron chi connectivity index (χ0n) is 16.5. The van der Waals surface area contributed by atoms with Gasteiger partial charge in [-0.3, -0.25) is 9.10 Å². The molecule has 6 heteroatoms. The lowest BCUT2D eigenvalue weighted by Gasteiger charge is -2.29. The molecular formula is C22H28N2O3S. The predicted molar refractivity (Wildman–Crippen MR) is 113 cm³/mol. The van der Waals surface area contributed by atoms with Crippen LogP contribution in [0.4, 0.5) is 5.69 Å². The fourth-order valence-corrected chi connectivity index (χ4v) is 5.18. The molecule has 1 aliphatic heterocycles. The number of benzene rings is 2. The van der Waals surface area contributed by atoms with Gasteiger partial charge in [0.05, 0.1) is 11.4 Å². The summed E-state index contributed by atoms with van der Waals surface area (Å²) in [5, 5.41) is 3.03. The van der Waals surface area contributed by atoms with Crippen molar-refractivity contribution < 1.29 is 13.2 Å². The predicted octanol–water partition coefficient (Wildman–Crippen LogP) is 3.68. The Bertz CT molecular complexity index is 926. The van der Waals surface area contributed by atoms with Crippen LogP contribution < -0.4 is 9.62 Å². The standard InChI is InChI=1S/C22H28N2O3S/c1-17-10-13-20(16-21(17)24-14-6-7-15-28(24,26)27)22(25)23-18(2)11-12-19-8-4-3-5-9-19/h3-5,8-10,13,16,18H,6-7,11-12,14-15H2,1-2H3,(H,23,25)/t18-/m0/s1. The minimum absolute atomic E-state index is 0.0242. The highest BCUT2D eigenvalue weighted by molar-refractivity contribution is 7.92. The van der Waals surface area contributed by atoms with Crippen molar-refractivity contribution in [3.05, 3.63) is 65.2 Å². The molecule has 1 atom stereocenters. The summed E-state index contributed by atoms with van der Waals surface area (Å²) in [6.07, 6.45) is 3.27. The second-order valence-corrected chi connectivity index (χ2v) is 9.51. The lowest BCUT2D eigenvalue weighted by molar-refractivity contribution is 0.0938. The molecule has 150 valence electrons. The Hall–Kier alpha value is -2.34. The molecule has 0 spiro atoms. The maximum Gasteiger partial charge on any atom is 0.251 e. The third-order valence-corrected chi connectivity index (χ3v) is 7.03. The van der Waals surface area contributed by atoms with Crippen molar-refractivity contribution in [3.8, 4) is 0 Å². The van der Waals surface area contributed by atoms with Crippen molar-refractivity contribution in [1.82, 2.24) is 5.32 Å². The molecule has 1 saturated heterocycles. The van der Waals surface area contributed by atoms with E-state index in [1.165, 1.54) is 9.87 Å². The molecule has 0 aromatic heterocycles. The molecule has 1 amide bonds. The fraction of sp³-hybridized carbons (Fsp3) is 0.409. The third-order valence-electron chi connectivity index (χ3n) is 5.18. The monoisotopic (exact) mass is 400 g/mol. The van der Waals surface area contributed by atoms with E-state index in [0.717, 1.165) is 24.8 Å². The number of rotatable bonds is 6. The Morgan fingerprint density at radius 3 is 2.61 bits per heavy atom. The zero-order valence-corrected chi connectivity index (χ0v) is 17.3. The Balaban J connectivity index is 1.68. The van der Waals surface area contributed by atoms with E-state index in [-0.39, 0.29) is 17.7 Å². The summed E-state index contributed by atoms with van der Waals surface area (Å²) < 4.78 is 26.3. The first-order valence-electron chi connectivity index (χ1n) is 9.83. The van der Waals surface area contributed by atoms with E-state index >= 15 is 0 Å². The second kappa shape index (κ2) is 8.78. The largest absolute Gasteiger partial charge is 0.350 e. The molecule has 0 unspecified atom stereocenters. The summed E-state index contributed by atoms with van der Waals surface area (Å²) in [4.78, 5) is 12.7. The molecule has 0 saturated carbocycles. The Kier molecular flexibility index (Phi) is 6.39. The van der Waals surface area contributed by atoms with Crippen LogP contribution in [0.2, 0.25) is 0 Å². The number of carbonyl (C=O) groups excluding carboxylic acids is 1. The summed E-state index contributed by atoms with van der Waals surface area (Å²) in [5.74, 6) is -0.00411. The molecule has 1 fully saturated rings. The molecule has 28 heavy (non-hydrogen) atoms. The summed E-state index contributed by atoms with van der Waals surface area (Å²) in [6.45, 7) is 4.34. The minimum Gasteiger partial charge on any atom is -0.350 e. The topological polar surface area (TPSA) is 66.5 Å². The van der Waals surface area contributed by atoms with Gasteiger partial charge in [-0.05, 0) is 62.8 Å². The first-order chi connectivity index (χ1) is 13.4. The third kappa shape index (κ3) is 4.93. The average molecular weight is 401 g/mol. The van der Waals surface area contributed by atoms with Gasteiger partial charge in [-0.1, -0.05) is 36.4 Å². The van der Waals surface area contributed by atoms with Gasteiger partial charge in [-0.2, -0.15) is 0 Å². The van der Waals surface area contributed by atoms with Crippen LogP contribution in [-0.2, 0) is 16.4 Å². The van der Waals surface area contributed by atoms with Crippen molar-refractivity contribution in [2.24, 2.45) is 0 Å². The minimum atomic E-state index is -3.30. The first kappa shape index (κ1) is 20.4. The quantitative estimate of drug-likeness (QED) is 0.804. The Morgan fingerprint density at radius 1 is 1.14 bits per heavy atom. The highest BCUT2D eigenvalue weighted by Crippen LogP contribution is 2.28. The maximum absolute atomic E-state index is 12.7. The number of nitrogens with zero attached hydrogens (tertiary/aromatic N) is 1. The van der Waals surface area contributed by atoms with Gasteiger partial charge < -0.3 is 5.32 Å². The average Bonchev–Trinajstić information content (AvgIpc) is 2.67. The van der Waals surface area contributed by atoms with Gasteiger partial charge in [-0.15, -0.1) is 0 Å². The lowest BCUT2D eigenvalue weighted by atomic mass is 10.1. The van der Waals surface area contributed by atoms with Crippen LogP contribution in [0.5, 0.6) is 0 Å². The van der Waals surface area contributed by atoms with Gasteiger partial charge in [0.2, 0.25) is 10.0 Å². The summed E-state index contributed by atoms with van der Waals surface area (Å²) in [6, 6.07) is 15.5. The van der Waals surface area contributed by atoms with Crippen molar-refractivity contribution in [1.29, 1.82) is 0 Å². The van der Waals surface area contributed by atoms with Crippen LogP contribution in [0.15, 0.2) is 48.5 Å². The summed E-state index contributed by atoms with van der Waals surface area (Å²) in [7, 11) is -3.30. The van der Waals surface area contributed by atoms with Crippen LogP contribution in [0.1, 0.15) is 47.7 Å². The molecule has 0 radical (unpaired) electrons. The fourth-order valence-electron chi connectivity index (χ4n) is 3.49. The molecule has 2 aromatic carbocycles. The van der Waals surface area contributed by atoms with Crippen molar-refractivity contribution >= 4 is 21.6 Å². The Labute approximate surface area is 167 Å². The van der Waals surface area contributed by atoms with Crippen LogP contribution in [0, 0.1) is 6.92 Å². The van der Waals surface area contributed by atoms with Gasteiger partial charge in [0.25, 0.3) is 5.91 Å². The van der Waals surface area contributed by atoms with E-state index in [1.54, 1.807) is 12.1 Å². The van der Waals surface area contributed by atoms with Crippen LogP contribution in [0.25, 0.3) is 0 Å². The molecule has 3 rings (SSSR count). The first-order valence-corrected chi connectivity index (χ1v) is 11.4. The van der Waals surface area contributed by atoms with Gasteiger partial charge in [0.15, 0.2) is 0 Å². The van der Waals surface area contributed by atoms with Gasteiger partial charge in [-0.25, -0.2) is 8.42 Å². The normalized spacial score (nSPS) is 17.1.